The van der Waals surface area contributed by atoms with Crippen LogP contribution in [0, 0.1) is 18.3 Å². The van der Waals surface area contributed by atoms with Crippen molar-refractivity contribution in [1.29, 1.82) is 5.26 Å². The van der Waals surface area contributed by atoms with Crippen molar-refractivity contribution in [2.24, 2.45) is 0 Å². The van der Waals surface area contributed by atoms with Crippen LogP contribution in [-0.4, -0.2) is 64.6 Å². The largest absolute Gasteiger partial charge is 0.493 e. The lowest BCUT2D eigenvalue weighted by Crippen LogP contribution is -2.41. The zero-order valence-electron chi connectivity index (χ0n) is 31.1. The summed E-state index contributed by atoms with van der Waals surface area (Å²) in [7, 11) is 0. The van der Waals surface area contributed by atoms with Gasteiger partial charge in [-0.05, 0) is 97.9 Å². The lowest BCUT2D eigenvalue weighted by molar-refractivity contribution is 0.0800. The molecule has 3 atom stereocenters. The van der Waals surface area contributed by atoms with Crippen LogP contribution >= 0.6 is 11.6 Å². The van der Waals surface area contributed by atoms with E-state index in [1.54, 1.807) is 12.3 Å². The van der Waals surface area contributed by atoms with Crippen molar-refractivity contribution in [1.82, 2.24) is 15.2 Å². The Hall–Kier alpha value is -4.17. The van der Waals surface area contributed by atoms with Gasteiger partial charge >= 0.3 is 0 Å². The Morgan fingerprint density at radius 3 is 2.57 bits per heavy atom. The summed E-state index contributed by atoms with van der Waals surface area (Å²) >= 11 is 6.95. The summed E-state index contributed by atoms with van der Waals surface area (Å²) < 4.78 is 19.4. The number of hydrogen-bond acceptors (Lipinski definition) is 9. The van der Waals surface area contributed by atoms with E-state index >= 15 is 0 Å². The number of benzene rings is 3. The summed E-state index contributed by atoms with van der Waals surface area (Å²) in [6.45, 7) is 6.38. The second kappa shape index (κ2) is 18.0. The molecule has 0 amide bonds. The van der Waals surface area contributed by atoms with Crippen LogP contribution in [0.2, 0.25) is 5.02 Å². The van der Waals surface area contributed by atoms with Crippen LogP contribution < -0.4 is 19.5 Å². The molecule has 1 saturated carbocycles. The lowest BCUT2D eigenvalue weighted by Gasteiger charge is -2.29. The molecule has 0 bridgehead atoms. The Balaban J connectivity index is 1.07. The van der Waals surface area contributed by atoms with Gasteiger partial charge in [0.2, 0.25) is 0 Å². The minimum Gasteiger partial charge on any atom is -0.493 e. The van der Waals surface area contributed by atoms with Gasteiger partial charge in [0.1, 0.15) is 36.0 Å². The molecule has 2 fully saturated rings. The Kier molecular flexibility index (Phi) is 12.7. The Morgan fingerprint density at radius 2 is 1.74 bits per heavy atom. The van der Waals surface area contributed by atoms with Gasteiger partial charge in [0.25, 0.3) is 0 Å². The first-order valence-electron chi connectivity index (χ1n) is 19.5. The molecule has 3 aromatic carbocycles. The molecule has 284 valence electrons. The quantitative estimate of drug-likeness (QED) is 0.111. The summed E-state index contributed by atoms with van der Waals surface area (Å²) in [6, 6.07) is 20.5. The molecule has 1 aromatic heterocycles. The number of hydrogen-bond donors (Lipinski definition) is 3. The van der Waals surface area contributed by atoms with Crippen molar-refractivity contribution < 1.29 is 24.4 Å². The van der Waals surface area contributed by atoms with Crippen LogP contribution in [0.15, 0.2) is 67.0 Å². The second-order valence-electron chi connectivity index (χ2n) is 14.9. The Bertz CT molecular complexity index is 1940. The number of nitrogens with one attached hydrogen (secondary N) is 1. The van der Waals surface area contributed by atoms with E-state index < -0.39 is 0 Å². The van der Waals surface area contributed by atoms with E-state index in [1.807, 2.05) is 12.1 Å². The maximum atomic E-state index is 10.6. The first-order valence-corrected chi connectivity index (χ1v) is 19.9. The molecule has 10 heteroatoms. The zero-order chi connectivity index (χ0) is 37.4. The minimum absolute atomic E-state index is 0.0129. The Morgan fingerprint density at radius 1 is 0.926 bits per heavy atom. The van der Waals surface area contributed by atoms with E-state index in [-0.39, 0.29) is 31.0 Å². The van der Waals surface area contributed by atoms with Crippen molar-refractivity contribution in [3.8, 4) is 34.4 Å². The molecule has 7 rings (SSSR count). The fraction of sp³-hybridized carbons (Fsp3) is 0.455. The molecule has 1 saturated heterocycles. The van der Waals surface area contributed by atoms with Crippen molar-refractivity contribution in [2.75, 3.05) is 26.2 Å². The van der Waals surface area contributed by atoms with Crippen molar-refractivity contribution in [3.63, 3.8) is 0 Å². The number of likely N-dealkylation sites (tertiary alicyclic amines) is 1. The van der Waals surface area contributed by atoms with Crippen molar-refractivity contribution >= 4 is 11.6 Å². The van der Waals surface area contributed by atoms with Crippen molar-refractivity contribution in [3.05, 3.63) is 105 Å². The van der Waals surface area contributed by atoms with Gasteiger partial charge in [0.15, 0.2) is 0 Å². The van der Waals surface area contributed by atoms with Gasteiger partial charge in [-0.25, -0.2) is 0 Å². The molecule has 0 radical (unpaired) electrons. The van der Waals surface area contributed by atoms with Gasteiger partial charge in [-0.15, -0.1) is 0 Å². The second-order valence-corrected chi connectivity index (χ2v) is 15.3. The van der Waals surface area contributed by atoms with Crippen LogP contribution in [0.3, 0.4) is 0 Å². The average Bonchev–Trinajstić information content (AvgIpc) is 3.60. The number of ether oxygens (including phenoxy) is 3. The van der Waals surface area contributed by atoms with Gasteiger partial charge in [0.05, 0.1) is 29.4 Å². The highest BCUT2D eigenvalue weighted by Gasteiger charge is 2.29. The predicted octanol–water partition coefficient (Wildman–Crippen LogP) is 7.85. The topological polar surface area (TPSA) is 120 Å². The summed E-state index contributed by atoms with van der Waals surface area (Å²) in [5.41, 5.74) is 8.05. The fourth-order valence-corrected chi connectivity index (χ4v) is 8.37. The number of piperidine rings is 1. The summed E-state index contributed by atoms with van der Waals surface area (Å²) in [5.74, 6) is 2.09. The average molecular weight is 751 g/mol. The molecule has 2 heterocycles. The highest BCUT2D eigenvalue weighted by molar-refractivity contribution is 6.32. The molecule has 9 nitrogen and oxygen atoms in total. The highest BCUT2D eigenvalue weighted by Crippen LogP contribution is 2.44. The van der Waals surface area contributed by atoms with Gasteiger partial charge in [-0.1, -0.05) is 54.8 Å². The number of aliphatic hydroxyl groups is 2. The Labute approximate surface area is 323 Å². The summed E-state index contributed by atoms with van der Waals surface area (Å²) in [4.78, 5) is 6.60. The molecular formula is C44H51ClN4O5. The smallest absolute Gasteiger partial charge is 0.142 e. The maximum absolute atomic E-state index is 10.6. The number of nitriles is 1. The van der Waals surface area contributed by atoms with Gasteiger partial charge in [-0.3, -0.25) is 4.98 Å². The van der Waals surface area contributed by atoms with Crippen LogP contribution in [0.4, 0.5) is 0 Å². The SMILES string of the molecule is Cc1c(OCCCN2CCC(O)CC2)cccc1-c1cccc2c1CC[C@@H]2Oc1cc(OCc2cncc(C#N)c2)c(CN[C@@H]2CCCC[C@@H]2O)cc1Cl. The van der Waals surface area contributed by atoms with E-state index in [1.165, 1.54) is 22.9 Å². The van der Waals surface area contributed by atoms with E-state index in [0.29, 0.717) is 35.2 Å². The van der Waals surface area contributed by atoms with Crippen LogP contribution in [-0.2, 0) is 19.6 Å². The maximum Gasteiger partial charge on any atom is 0.142 e. The molecule has 2 aliphatic carbocycles. The van der Waals surface area contributed by atoms with Gasteiger partial charge in [-0.2, -0.15) is 5.26 Å². The minimum atomic E-state index is -0.376. The molecular weight excluding hydrogens is 700 g/mol. The third-order valence-corrected chi connectivity index (χ3v) is 11.5. The molecule has 3 N–H and O–H groups in total. The first-order chi connectivity index (χ1) is 26.4. The number of rotatable bonds is 14. The number of aromatic nitrogens is 1. The zero-order valence-corrected chi connectivity index (χ0v) is 31.9. The molecule has 4 aromatic rings. The van der Waals surface area contributed by atoms with Gasteiger partial charge < -0.3 is 34.6 Å². The summed E-state index contributed by atoms with van der Waals surface area (Å²) in [5, 5.41) is 33.8. The lowest BCUT2D eigenvalue weighted by atomic mass is 9.92. The molecule has 54 heavy (non-hydrogen) atoms. The third kappa shape index (κ3) is 9.19. The monoisotopic (exact) mass is 750 g/mol. The number of halogens is 1. The summed E-state index contributed by atoms with van der Waals surface area (Å²) in [6.07, 6.45) is 10.7. The van der Waals surface area contributed by atoms with Gasteiger partial charge in [0, 0.05) is 61.8 Å². The number of aliphatic hydroxyl groups excluding tert-OH is 2. The number of fused-ring (bicyclic) bond motifs is 1. The highest BCUT2D eigenvalue weighted by atomic mass is 35.5. The van der Waals surface area contributed by atoms with Crippen LogP contribution in [0.5, 0.6) is 17.2 Å². The molecule has 0 unspecified atom stereocenters. The molecule has 0 spiro atoms. The number of pyridine rings is 1. The van der Waals surface area contributed by atoms with E-state index in [4.69, 9.17) is 25.8 Å². The van der Waals surface area contributed by atoms with E-state index in [0.717, 1.165) is 105 Å². The van der Waals surface area contributed by atoms with E-state index in [2.05, 4.69) is 64.6 Å². The predicted molar refractivity (Wildman–Crippen MR) is 210 cm³/mol. The standard InChI is InChI=1S/C44H51ClN4O5/c1-29-34(7-5-12-41(29)52-20-6-17-49-18-15-33(50)16-19-49)35-8-4-9-37-36(35)13-14-42(37)54-44-23-43(53-28-31-21-30(24-46)25-47-26-31)32(22-38(44)45)27-48-39-10-2-3-11-40(39)51/h4-5,7-9,12,21-23,25-26,33,39-40,42,48,50-51H,2-3,6,10-11,13-20,27-28H2,1H3/t39-,40+,42+/m1/s1. The number of nitrogens with zero attached hydrogens (tertiary/aromatic N) is 3. The van der Waals surface area contributed by atoms with E-state index in [9.17, 15) is 15.5 Å². The first kappa shape index (κ1) is 38.1. The third-order valence-electron chi connectivity index (χ3n) is 11.2. The van der Waals surface area contributed by atoms with Crippen LogP contribution in [0.25, 0.3) is 11.1 Å². The molecule has 3 aliphatic rings. The fourth-order valence-electron chi connectivity index (χ4n) is 8.14. The van der Waals surface area contributed by atoms with Crippen LogP contribution in [0.1, 0.15) is 90.9 Å². The molecule has 1 aliphatic heterocycles. The normalized spacial score (nSPS) is 20.3. The van der Waals surface area contributed by atoms with Crippen molar-refractivity contribution in [2.45, 2.75) is 102 Å².